The number of aromatic nitrogens is 1. The van der Waals surface area contributed by atoms with E-state index in [1.54, 1.807) is 31.3 Å². The van der Waals surface area contributed by atoms with E-state index in [0.717, 1.165) is 16.7 Å². The minimum absolute atomic E-state index is 0.00330. The Kier molecular flexibility index (Phi) is 6.14. The molecule has 1 aromatic heterocycles. The average molecular weight is 401 g/mol. The van der Waals surface area contributed by atoms with Crippen LogP contribution in [-0.2, 0) is 19.1 Å². The normalized spacial score (nSPS) is 16.2. The standard InChI is InChI=1S/C14H15N3O5S3/c1-4-22-12(21)9(7-6-24-13(15-7)16(2)3)10-11(20)17(5-8(18)19)14(23)25-10/h6H,4-5H2,1-3H3,(H,18,19)/b10-9+. The van der Waals surface area contributed by atoms with Gasteiger partial charge in [-0.05, 0) is 6.92 Å². The fraction of sp³-hybridized carbons (Fsp3) is 0.357. The van der Waals surface area contributed by atoms with Crippen molar-refractivity contribution in [2.75, 3.05) is 32.1 Å². The molecule has 0 aromatic carbocycles. The van der Waals surface area contributed by atoms with E-state index in [1.165, 1.54) is 11.3 Å². The molecule has 1 aliphatic rings. The molecule has 0 saturated carbocycles. The number of carboxylic acids is 1. The third-order valence-electron chi connectivity index (χ3n) is 2.98. The maximum Gasteiger partial charge on any atom is 0.341 e. The van der Waals surface area contributed by atoms with E-state index in [0.29, 0.717) is 10.8 Å². The van der Waals surface area contributed by atoms with Crippen LogP contribution in [0, 0.1) is 0 Å². The van der Waals surface area contributed by atoms with Crippen LogP contribution in [0.4, 0.5) is 5.13 Å². The predicted molar refractivity (Wildman–Crippen MR) is 99.5 cm³/mol. The van der Waals surface area contributed by atoms with Crippen LogP contribution in [-0.4, -0.2) is 64.4 Å². The van der Waals surface area contributed by atoms with E-state index in [2.05, 4.69) is 4.98 Å². The highest BCUT2D eigenvalue weighted by Crippen LogP contribution is 2.38. The van der Waals surface area contributed by atoms with E-state index in [1.807, 2.05) is 0 Å². The highest BCUT2D eigenvalue weighted by atomic mass is 32.2. The van der Waals surface area contributed by atoms with Gasteiger partial charge in [-0.25, -0.2) is 9.78 Å². The maximum atomic E-state index is 12.6. The molecule has 25 heavy (non-hydrogen) atoms. The van der Waals surface area contributed by atoms with Gasteiger partial charge in [0.15, 0.2) is 5.13 Å². The number of carboxylic acid groups (broad SMARTS) is 1. The van der Waals surface area contributed by atoms with Gasteiger partial charge in [0.25, 0.3) is 5.91 Å². The fourth-order valence-electron chi connectivity index (χ4n) is 1.92. The molecule has 0 spiro atoms. The number of aliphatic carboxylic acids is 1. The van der Waals surface area contributed by atoms with Gasteiger partial charge in [0, 0.05) is 19.5 Å². The van der Waals surface area contributed by atoms with Crippen LogP contribution in [0.1, 0.15) is 12.6 Å². The summed E-state index contributed by atoms with van der Waals surface area (Å²) in [7, 11) is 3.61. The quantitative estimate of drug-likeness (QED) is 0.431. The molecule has 1 saturated heterocycles. The van der Waals surface area contributed by atoms with Gasteiger partial charge in [-0.1, -0.05) is 24.0 Å². The second-order valence-corrected chi connectivity index (χ2v) is 7.47. The van der Waals surface area contributed by atoms with Gasteiger partial charge >= 0.3 is 11.9 Å². The van der Waals surface area contributed by atoms with Crippen molar-refractivity contribution >= 4 is 68.2 Å². The van der Waals surface area contributed by atoms with E-state index < -0.39 is 24.4 Å². The molecule has 134 valence electrons. The van der Waals surface area contributed by atoms with Crippen LogP contribution < -0.4 is 4.90 Å². The number of amides is 1. The molecular formula is C14H15N3O5S3. The summed E-state index contributed by atoms with van der Waals surface area (Å²) in [4.78, 5) is 43.0. The highest BCUT2D eigenvalue weighted by molar-refractivity contribution is 8.26. The predicted octanol–water partition coefficient (Wildman–Crippen LogP) is 1.43. The largest absolute Gasteiger partial charge is 0.480 e. The number of rotatable bonds is 6. The molecule has 1 fully saturated rings. The first-order valence-corrected chi connectivity index (χ1v) is 9.16. The summed E-state index contributed by atoms with van der Waals surface area (Å²) >= 11 is 7.25. The van der Waals surface area contributed by atoms with Crippen molar-refractivity contribution in [1.82, 2.24) is 9.88 Å². The van der Waals surface area contributed by atoms with E-state index in [-0.39, 0.29) is 21.4 Å². The van der Waals surface area contributed by atoms with Crippen LogP contribution in [0.2, 0.25) is 0 Å². The molecule has 1 aliphatic heterocycles. The summed E-state index contributed by atoms with van der Waals surface area (Å²) < 4.78 is 5.13. The Balaban J connectivity index is 2.52. The molecule has 1 aromatic rings. The number of hydrogen-bond donors (Lipinski definition) is 1. The Morgan fingerprint density at radius 1 is 1.44 bits per heavy atom. The molecule has 2 rings (SSSR count). The Bertz CT molecular complexity index is 772. The fourth-order valence-corrected chi connectivity index (χ4v) is 3.99. The van der Waals surface area contributed by atoms with Crippen LogP contribution >= 0.6 is 35.3 Å². The van der Waals surface area contributed by atoms with Gasteiger partial charge in [0.1, 0.15) is 16.4 Å². The average Bonchev–Trinajstić information content (AvgIpc) is 3.09. The van der Waals surface area contributed by atoms with Crippen molar-refractivity contribution in [1.29, 1.82) is 0 Å². The zero-order valence-electron chi connectivity index (χ0n) is 13.6. The second kappa shape index (κ2) is 7.93. The van der Waals surface area contributed by atoms with Crippen LogP contribution in [0.15, 0.2) is 10.3 Å². The van der Waals surface area contributed by atoms with Crippen molar-refractivity contribution < 1.29 is 24.2 Å². The number of carbonyl (C=O) groups is 3. The molecule has 0 bridgehead atoms. The highest BCUT2D eigenvalue weighted by Gasteiger charge is 2.38. The van der Waals surface area contributed by atoms with Crippen molar-refractivity contribution in [3.05, 3.63) is 16.0 Å². The van der Waals surface area contributed by atoms with Crippen LogP contribution in [0.5, 0.6) is 0 Å². The van der Waals surface area contributed by atoms with Crippen molar-refractivity contribution in [3.63, 3.8) is 0 Å². The third-order valence-corrected chi connectivity index (χ3v) is 5.44. The summed E-state index contributed by atoms with van der Waals surface area (Å²) in [6.45, 7) is 1.21. The maximum absolute atomic E-state index is 12.6. The summed E-state index contributed by atoms with van der Waals surface area (Å²) in [5, 5.41) is 11.2. The number of ether oxygens (including phenoxy) is 1. The Hall–Kier alpha value is -1.98. The number of thiocarbonyl (C=S) groups is 1. The Morgan fingerprint density at radius 2 is 2.12 bits per heavy atom. The minimum Gasteiger partial charge on any atom is -0.480 e. The van der Waals surface area contributed by atoms with Gasteiger partial charge in [-0.3, -0.25) is 14.5 Å². The molecule has 1 amide bonds. The Morgan fingerprint density at radius 3 is 2.64 bits per heavy atom. The number of anilines is 1. The smallest absolute Gasteiger partial charge is 0.341 e. The van der Waals surface area contributed by atoms with Gasteiger partial charge < -0.3 is 14.7 Å². The third kappa shape index (κ3) is 4.17. The lowest BCUT2D eigenvalue weighted by atomic mass is 10.2. The molecule has 1 N–H and O–H groups in total. The van der Waals surface area contributed by atoms with Crippen molar-refractivity contribution in [2.45, 2.75) is 6.92 Å². The number of hydrogen-bond acceptors (Lipinski definition) is 9. The monoisotopic (exact) mass is 401 g/mol. The summed E-state index contributed by atoms with van der Waals surface area (Å²) in [5.74, 6) is -2.53. The van der Waals surface area contributed by atoms with E-state index in [4.69, 9.17) is 22.1 Å². The molecule has 0 radical (unpaired) electrons. The van der Waals surface area contributed by atoms with Gasteiger partial charge in [0.05, 0.1) is 17.2 Å². The zero-order valence-corrected chi connectivity index (χ0v) is 16.1. The van der Waals surface area contributed by atoms with Crippen LogP contribution in [0.3, 0.4) is 0 Å². The first kappa shape index (κ1) is 19.3. The minimum atomic E-state index is -1.20. The van der Waals surface area contributed by atoms with E-state index in [9.17, 15) is 14.4 Å². The summed E-state index contributed by atoms with van der Waals surface area (Å²) in [5.41, 5.74) is 0.291. The number of carbonyl (C=O) groups excluding carboxylic acids is 2. The lowest BCUT2D eigenvalue weighted by molar-refractivity contribution is -0.140. The molecule has 2 heterocycles. The first-order valence-electron chi connectivity index (χ1n) is 7.06. The van der Waals surface area contributed by atoms with Gasteiger partial charge in [-0.15, -0.1) is 11.3 Å². The number of thioether (sulfide) groups is 1. The number of nitrogens with zero attached hydrogens (tertiary/aromatic N) is 3. The molecule has 8 nitrogen and oxygen atoms in total. The molecular weight excluding hydrogens is 386 g/mol. The zero-order chi connectivity index (χ0) is 18.7. The molecule has 0 aliphatic carbocycles. The first-order chi connectivity index (χ1) is 11.8. The SMILES string of the molecule is CCOC(=O)/C(=C1/SC(=S)N(CC(=O)O)C1=O)c1csc(N(C)C)n1. The molecule has 11 heteroatoms. The van der Waals surface area contributed by atoms with Gasteiger partial charge in [-0.2, -0.15) is 0 Å². The summed E-state index contributed by atoms with van der Waals surface area (Å²) in [6.07, 6.45) is 0. The number of esters is 1. The molecule has 0 unspecified atom stereocenters. The second-order valence-electron chi connectivity index (χ2n) is 4.99. The summed E-state index contributed by atoms with van der Waals surface area (Å²) in [6, 6.07) is 0. The Labute approximate surface area is 157 Å². The van der Waals surface area contributed by atoms with Gasteiger partial charge in [0.2, 0.25) is 0 Å². The van der Waals surface area contributed by atoms with Crippen molar-refractivity contribution in [3.8, 4) is 0 Å². The van der Waals surface area contributed by atoms with E-state index >= 15 is 0 Å². The number of thiazole rings is 1. The molecule has 0 atom stereocenters. The van der Waals surface area contributed by atoms with Crippen LogP contribution in [0.25, 0.3) is 5.57 Å². The lowest BCUT2D eigenvalue weighted by Gasteiger charge is -2.11. The lowest BCUT2D eigenvalue weighted by Crippen LogP contribution is -2.33. The topological polar surface area (TPSA) is 100 Å². The van der Waals surface area contributed by atoms with Crippen molar-refractivity contribution in [2.24, 2.45) is 0 Å².